The molecule has 0 aliphatic rings. The summed E-state index contributed by atoms with van der Waals surface area (Å²) < 4.78 is 10.7. The van der Waals surface area contributed by atoms with Gasteiger partial charge in [0, 0.05) is 18.0 Å². The van der Waals surface area contributed by atoms with Crippen LogP contribution >= 0.6 is 11.6 Å². The van der Waals surface area contributed by atoms with Crippen LogP contribution in [0.5, 0.6) is 11.5 Å². The summed E-state index contributed by atoms with van der Waals surface area (Å²) in [5, 5.41) is 6.18. The van der Waals surface area contributed by atoms with Crippen molar-refractivity contribution in [2.24, 2.45) is 0 Å². The Morgan fingerprint density at radius 3 is 2.48 bits per heavy atom. The number of hydrogen-bond donors (Lipinski definition) is 2. The van der Waals surface area contributed by atoms with Gasteiger partial charge in [-0.05, 0) is 29.8 Å². The first kappa shape index (κ1) is 20.6. The Hall–Kier alpha value is -2.73. The molecule has 0 spiro atoms. The minimum absolute atomic E-state index is 0.125. The molecule has 2 N–H and O–H groups in total. The maximum atomic E-state index is 12.2. The van der Waals surface area contributed by atoms with Gasteiger partial charge < -0.3 is 20.1 Å². The number of carbonyl (C=O) groups excluding carboxylic acids is 2. The first-order chi connectivity index (χ1) is 13.0. The Morgan fingerprint density at radius 1 is 1.11 bits per heavy atom. The Labute approximate surface area is 163 Å². The van der Waals surface area contributed by atoms with E-state index in [9.17, 15) is 9.59 Å². The molecule has 1 atom stereocenters. The van der Waals surface area contributed by atoms with E-state index in [0.29, 0.717) is 29.7 Å². The zero-order valence-corrected chi connectivity index (χ0v) is 16.1. The molecular formula is C20H23ClN2O4. The van der Waals surface area contributed by atoms with Crippen molar-refractivity contribution in [3.63, 3.8) is 0 Å². The van der Waals surface area contributed by atoms with Gasteiger partial charge >= 0.3 is 0 Å². The first-order valence-electron chi connectivity index (χ1n) is 8.54. The molecule has 0 aliphatic heterocycles. The molecule has 0 radical (unpaired) electrons. The highest BCUT2D eigenvalue weighted by Crippen LogP contribution is 2.20. The normalized spacial score (nSPS) is 11.4. The monoisotopic (exact) mass is 390 g/mol. The van der Waals surface area contributed by atoms with E-state index >= 15 is 0 Å². The van der Waals surface area contributed by atoms with Gasteiger partial charge in [0.05, 0.1) is 26.1 Å². The smallest absolute Gasteiger partial charge is 0.222 e. The zero-order valence-electron chi connectivity index (χ0n) is 15.3. The zero-order chi connectivity index (χ0) is 19.6. The molecule has 27 heavy (non-hydrogen) atoms. The van der Waals surface area contributed by atoms with Crippen LogP contribution in [0.3, 0.4) is 0 Å². The third kappa shape index (κ3) is 7.19. The van der Waals surface area contributed by atoms with Crippen LogP contribution in [0, 0.1) is 0 Å². The third-order valence-electron chi connectivity index (χ3n) is 3.77. The average Bonchev–Trinajstić information content (AvgIpc) is 2.65. The van der Waals surface area contributed by atoms with Gasteiger partial charge in [0.15, 0.2) is 0 Å². The van der Waals surface area contributed by atoms with Crippen LogP contribution in [-0.4, -0.2) is 32.1 Å². The van der Waals surface area contributed by atoms with E-state index < -0.39 is 6.04 Å². The van der Waals surface area contributed by atoms with Crippen molar-refractivity contribution in [2.75, 3.05) is 20.3 Å². The van der Waals surface area contributed by atoms with Crippen molar-refractivity contribution < 1.29 is 19.1 Å². The SMILES string of the molecule is COc1cccc(OCCNC(=O)CC(NC(C)=O)c2ccc(Cl)cc2)c1. The van der Waals surface area contributed by atoms with Gasteiger partial charge in [-0.25, -0.2) is 0 Å². The number of ether oxygens (including phenoxy) is 2. The van der Waals surface area contributed by atoms with Crippen molar-refractivity contribution >= 4 is 23.4 Å². The molecule has 0 bridgehead atoms. The quantitative estimate of drug-likeness (QED) is 0.645. The lowest BCUT2D eigenvalue weighted by molar-refractivity contribution is -0.122. The van der Waals surface area contributed by atoms with E-state index in [4.69, 9.17) is 21.1 Å². The first-order valence-corrected chi connectivity index (χ1v) is 8.92. The number of carbonyl (C=O) groups is 2. The van der Waals surface area contributed by atoms with Crippen molar-refractivity contribution in [1.29, 1.82) is 0 Å². The Balaban J connectivity index is 1.82. The van der Waals surface area contributed by atoms with Crippen LogP contribution < -0.4 is 20.1 Å². The molecule has 0 heterocycles. The summed E-state index contributed by atoms with van der Waals surface area (Å²) in [5.41, 5.74) is 0.817. The minimum atomic E-state index is -0.418. The fraction of sp³-hybridized carbons (Fsp3) is 0.300. The molecule has 7 heteroatoms. The van der Waals surface area contributed by atoms with Crippen LogP contribution in [0.4, 0.5) is 0 Å². The Kier molecular flexibility index (Phi) is 7.95. The summed E-state index contributed by atoms with van der Waals surface area (Å²) >= 11 is 5.89. The van der Waals surface area contributed by atoms with Crippen LogP contribution in [0.15, 0.2) is 48.5 Å². The number of halogens is 1. The summed E-state index contributed by atoms with van der Waals surface area (Å²) in [7, 11) is 1.59. The fourth-order valence-corrected chi connectivity index (χ4v) is 2.63. The molecule has 1 unspecified atom stereocenters. The second-order valence-electron chi connectivity index (χ2n) is 5.89. The van der Waals surface area contributed by atoms with Crippen LogP contribution in [0.25, 0.3) is 0 Å². The minimum Gasteiger partial charge on any atom is -0.497 e. The van der Waals surface area contributed by atoms with Crippen molar-refractivity contribution in [1.82, 2.24) is 10.6 Å². The molecule has 0 saturated heterocycles. The highest BCUT2D eigenvalue weighted by molar-refractivity contribution is 6.30. The summed E-state index contributed by atoms with van der Waals surface area (Å²) in [6, 6.07) is 13.9. The van der Waals surface area contributed by atoms with E-state index in [-0.39, 0.29) is 18.2 Å². The highest BCUT2D eigenvalue weighted by atomic mass is 35.5. The molecule has 0 fully saturated rings. The third-order valence-corrected chi connectivity index (χ3v) is 4.03. The molecule has 2 amide bonds. The van der Waals surface area contributed by atoms with E-state index in [0.717, 1.165) is 5.56 Å². The number of nitrogens with one attached hydrogen (secondary N) is 2. The predicted molar refractivity (Wildman–Crippen MR) is 104 cm³/mol. The molecule has 0 saturated carbocycles. The molecule has 0 aliphatic carbocycles. The maximum absolute atomic E-state index is 12.2. The van der Waals surface area contributed by atoms with Crippen LogP contribution in [0.2, 0.25) is 5.02 Å². The highest BCUT2D eigenvalue weighted by Gasteiger charge is 2.17. The molecular weight excluding hydrogens is 368 g/mol. The van der Waals surface area contributed by atoms with Gasteiger partial charge in [0.2, 0.25) is 11.8 Å². The lowest BCUT2D eigenvalue weighted by Crippen LogP contribution is -2.34. The summed E-state index contributed by atoms with van der Waals surface area (Å²) in [5.74, 6) is 0.987. The summed E-state index contributed by atoms with van der Waals surface area (Å²) in [4.78, 5) is 23.7. The van der Waals surface area contributed by atoms with E-state index in [1.807, 2.05) is 18.2 Å². The lowest BCUT2D eigenvalue weighted by Gasteiger charge is -2.18. The average molecular weight is 391 g/mol. The number of rotatable bonds is 9. The van der Waals surface area contributed by atoms with Crippen molar-refractivity contribution in [3.8, 4) is 11.5 Å². The van der Waals surface area contributed by atoms with Crippen molar-refractivity contribution in [3.05, 3.63) is 59.1 Å². The van der Waals surface area contributed by atoms with E-state index in [1.54, 1.807) is 37.4 Å². The molecule has 0 aromatic heterocycles. The van der Waals surface area contributed by atoms with Gasteiger partial charge in [-0.1, -0.05) is 29.8 Å². The van der Waals surface area contributed by atoms with Gasteiger partial charge in [0.25, 0.3) is 0 Å². The number of benzene rings is 2. The number of methoxy groups -OCH3 is 1. The molecule has 2 aromatic carbocycles. The second-order valence-corrected chi connectivity index (χ2v) is 6.32. The van der Waals surface area contributed by atoms with E-state index in [1.165, 1.54) is 6.92 Å². The summed E-state index contributed by atoms with van der Waals surface area (Å²) in [6.45, 7) is 2.09. The van der Waals surface area contributed by atoms with Gasteiger partial charge in [-0.15, -0.1) is 0 Å². The van der Waals surface area contributed by atoms with Gasteiger partial charge in [-0.2, -0.15) is 0 Å². The topological polar surface area (TPSA) is 76.7 Å². The Morgan fingerprint density at radius 2 is 1.81 bits per heavy atom. The molecule has 2 rings (SSSR count). The lowest BCUT2D eigenvalue weighted by atomic mass is 10.0. The summed E-state index contributed by atoms with van der Waals surface area (Å²) in [6.07, 6.45) is 0.125. The van der Waals surface area contributed by atoms with Gasteiger partial charge in [-0.3, -0.25) is 9.59 Å². The number of amides is 2. The fourth-order valence-electron chi connectivity index (χ4n) is 2.50. The maximum Gasteiger partial charge on any atom is 0.222 e. The van der Waals surface area contributed by atoms with Crippen molar-refractivity contribution in [2.45, 2.75) is 19.4 Å². The molecule has 2 aromatic rings. The van der Waals surface area contributed by atoms with Crippen LogP contribution in [0.1, 0.15) is 24.9 Å². The van der Waals surface area contributed by atoms with Gasteiger partial charge in [0.1, 0.15) is 18.1 Å². The molecule has 6 nitrogen and oxygen atoms in total. The second kappa shape index (κ2) is 10.4. The predicted octanol–water partition coefficient (Wildman–Crippen LogP) is 3.11. The molecule has 144 valence electrons. The largest absolute Gasteiger partial charge is 0.497 e. The van der Waals surface area contributed by atoms with Crippen LogP contribution in [-0.2, 0) is 9.59 Å². The van der Waals surface area contributed by atoms with E-state index in [2.05, 4.69) is 10.6 Å². The Bertz CT molecular complexity index is 765. The number of hydrogen-bond acceptors (Lipinski definition) is 4. The standard InChI is InChI=1S/C20H23ClN2O4/c1-14(24)23-19(15-6-8-16(21)9-7-15)13-20(25)22-10-11-27-18-5-3-4-17(12-18)26-2/h3-9,12,19H,10-11,13H2,1-2H3,(H,22,25)(H,23,24).